The van der Waals surface area contributed by atoms with Gasteiger partial charge in [-0.3, -0.25) is 4.79 Å². The van der Waals surface area contributed by atoms with E-state index in [-0.39, 0.29) is 4.69 Å². The van der Waals surface area contributed by atoms with Gasteiger partial charge >= 0.3 is 0 Å². The molecule has 1 fully saturated rings. The van der Waals surface area contributed by atoms with Gasteiger partial charge in [-0.1, -0.05) is 12.1 Å². The summed E-state index contributed by atoms with van der Waals surface area (Å²) < 4.78 is 13.0. The molecule has 0 N–H and O–H groups in total. The Morgan fingerprint density at radius 2 is 1.97 bits per heavy atom. The first-order chi connectivity index (χ1) is 16.5. The number of methoxy groups -OCH3 is 2. The summed E-state index contributed by atoms with van der Waals surface area (Å²) >= 11 is 5.28. The van der Waals surface area contributed by atoms with Gasteiger partial charge in [-0.15, -0.1) is 0 Å². The van der Waals surface area contributed by atoms with Crippen molar-refractivity contribution >= 4 is 49.0 Å². The third-order valence-electron chi connectivity index (χ3n) is 6.97. The van der Waals surface area contributed by atoms with Crippen LogP contribution in [-0.4, -0.2) is 41.5 Å². The minimum atomic E-state index is -0.0882. The van der Waals surface area contributed by atoms with Crippen molar-refractivity contribution in [2.24, 2.45) is 11.8 Å². The number of carbonyl (C=O) groups excluding carboxylic acids is 1. The Balaban J connectivity index is 1.63. The van der Waals surface area contributed by atoms with Crippen LogP contribution in [0.5, 0.6) is 11.5 Å². The molecule has 7 heteroatoms. The predicted octanol–water partition coefficient (Wildman–Crippen LogP) is 6.12. The Morgan fingerprint density at radius 3 is 2.71 bits per heavy atom. The highest BCUT2D eigenvalue weighted by molar-refractivity contribution is 9.18. The summed E-state index contributed by atoms with van der Waals surface area (Å²) in [6.07, 6.45) is 7.29. The predicted molar refractivity (Wildman–Crippen MR) is 144 cm³/mol. The Hall–Kier alpha value is -2.38. The van der Waals surface area contributed by atoms with Gasteiger partial charge in [0.1, 0.15) is 0 Å². The van der Waals surface area contributed by atoms with Crippen molar-refractivity contribution in [3.8, 4) is 11.5 Å². The molecule has 1 saturated heterocycles. The summed E-state index contributed by atoms with van der Waals surface area (Å²) in [5.74, 6) is 5.25. The number of nitrogens with zero attached hydrogens (tertiary/aromatic N) is 2. The quantitative estimate of drug-likeness (QED) is 0.338. The number of aryl methyl sites for hydroxylation is 1. The monoisotopic (exact) mass is 540 g/mol. The van der Waals surface area contributed by atoms with Gasteiger partial charge in [0.25, 0.3) is 0 Å². The summed E-state index contributed by atoms with van der Waals surface area (Å²) in [4.78, 5) is 14.9. The largest absolute Gasteiger partial charge is 0.493 e. The lowest BCUT2D eigenvalue weighted by molar-refractivity contribution is 0.109. The number of fused-ring (bicyclic) bond motifs is 2. The normalized spacial score (nSPS) is 19.5. The molecule has 3 heterocycles. The van der Waals surface area contributed by atoms with Crippen LogP contribution in [-0.2, 0) is 13.0 Å². The number of ether oxygens (including phenoxy) is 2. The number of anilines is 1. The number of allylic oxidation sites excluding steroid dienone is 1. The topological polar surface area (TPSA) is 43.7 Å². The second-order valence-corrected chi connectivity index (χ2v) is 10.7. The van der Waals surface area contributed by atoms with E-state index in [0.29, 0.717) is 35.3 Å². The van der Waals surface area contributed by atoms with Crippen molar-refractivity contribution in [3.05, 3.63) is 65.5 Å². The van der Waals surface area contributed by atoms with Crippen LogP contribution in [0.3, 0.4) is 0 Å². The van der Waals surface area contributed by atoms with Gasteiger partial charge in [0, 0.05) is 36.6 Å². The lowest BCUT2D eigenvalue weighted by atomic mass is 9.92. The maximum atomic E-state index is 12.5. The molecule has 2 aliphatic rings. The average Bonchev–Trinajstić information content (AvgIpc) is 3.48. The number of carbonyl (C=O) groups is 1. The Morgan fingerprint density at radius 1 is 1.15 bits per heavy atom. The molecule has 2 aromatic carbocycles. The maximum Gasteiger partial charge on any atom is 0.230 e. The molecule has 0 aliphatic carbocycles. The SMILES string of the molecule is CCn1cc(C(=O)Br)c2c(Cc3ccc(OC)c(OC)c3)cc(N3C=CC4CSCC4C3)cc21. The molecule has 3 aromatic rings. The van der Waals surface area contributed by atoms with Gasteiger partial charge in [0.2, 0.25) is 4.69 Å². The number of hydrogen-bond donors (Lipinski definition) is 0. The van der Waals surface area contributed by atoms with Crippen LogP contribution in [0.2, 0.25) is 0 Å². The van der Waals surface area contributed by atoms with E-state index < -0.39 is 0 Å². The zero-order chi connectivity index (χ0) is 23.8. The summed E-state index contributed by atoms with van der Waals surface area (Å²) in [7, 11) is 3.30. The van der Waals surface area contributed by atoms with Gasteiger partial charge in [-0.05, 0) is 88.0 Å². The molecule has 0 saturated carbocycles. The van der Waals surface area contributed by atoms with Crippen molar-refractivity contribution in [1.29, 1.82) is 0 Å². The molecule has 5 rings (SSSR count). The van der Waals surface area contributed by atoms with E-state index in [1.165, 1.54) is 17.2 Å². The zero-order valence-electron chi connectivity index (χ0n) is 19.7. The van der Waals surface area contributed by atoms with Gasteiger partial charge in [-0.25, -0.2) is 0 Å². The van der Waals surface area contributed by atoms with E-state index in [9.17, 15) is 4.79 Å². The molecule has 5 nitrogen and oxygen atoms in total. The highest BCUT2D eigenvalue weighted by Gasteiger charge is 2.31. The standard InChI is InChI=1S/C27H29BrN2O3S/c1-4-29-14-22(27(28)31)26-19(9-17-5-6-24(32-2)25(10-17)33-3)11-21(12-23(26)29)30-8-7-18-15-34-16-20(18)13-30/h5-8,10-12,14,18,20H,4,9,13,15-16H2,1-3H3. The first-order valence-electron chi connectivity index (χ1n) is 11.6. The summed E-state index contributed by atoms with van der Waals surface area (Å²) in [5.41, 5.74) is 5.21. The Kier molecular flexibility index (Phi) is 6.67. The average molecular weight is 542 g/mol. The van der Waals surface area contributed by atoms with Gasteiger partial charge in [0.15, 0.2) is 11.5 Å². The van der Waals surface area contributed by atoms with Gasteiger partial charge < -0.3 is 18.9 Å². The van der Waals surface area contributed by atoms with E-state index in [0.717, 1.165) is 35.1 Å². The van der Waals surface area contributed by atoms with Gasteiger partial charge in [-0.2, -0.15) is 11.8 Å². The molecule has 0 spiro atoms. The minimum Gasteiger partial charge on any atom is -0.493 e. The van der Waals surface area contributed by atoms with Crippen LogP contribution < -0.4 is 14.4 Å². The third-order valence-corrected chi connectivity index (χ3v) is 8.68. The maximum absolute atomic E-state index is 12.5. The summed E-state index contributed by atoms with van der Waals surface area (Å²) in [6, 6.07) is 10.5. The van der Waals surface area contributed by atoms with Crippen LogP contribution in [0, 0.1) is 11.8 Å². The fourth-order valence-corrected chi connectivity index (χ4v) is 6.91. The molecular weight excluding hydrogens is 512 g/mol. The number of halogens is 1. The van der Waals surface area contributed by atoms with Crippen LogP contribution in [0.15, 0.2) is 48.8 Å². The van der Waals surface area contributed by atoms with Crippen LogP contribution in [0.25, 0.3) is 10.9 Å². The number of rotatable bonds is 7. The summed E-state index contributed by atoms with van der Waals surface area (Å²) in [6.45, 7) is 3.95. The van der Waals surface area contributed by atoms with Crippen molar-refractivity contribution in [1.82, 2.24) is 4.57 Å². The van der Waals surface area contributed by atoms with Crippen LogP contribution >= 0.6 is 27.7 Å². The van der Waals surface area contributed by atoms with E-state index in [4.69, 9.17) is 9.47 Å². The molecule has 0 amide bonds. The number of benzene rings is 2. The second kappa shape index (κ2) is 9.70. The van der Waals surface area contributed by atoms with Gasteiger partial charge in [0.05, 0.1) is 25.3 Å². The number of thioether (sulfide) groups is 1. The zero-order valence-corrected chi connectivity index (χ0v) is 22.1. The lowest BCUT2D eigenvalue weighted by Gasteiger charge is -2.31. The Labute approximate surface area is 213 Å². The molecule has 0 radical (unpaired) electrons. The molecule has 34 heavy (non-hydrogen) atoms. The molecule has 2 unspecified atom stereocenters. The third kappa shape index (κ3) is 4.24. The van der Waals surface area contributed by atoms with Crippen molar-refractivity contribution in [3.63, 3.8) is 0 Å². The van der Waals surface area contributed by atoms with Crippen LogP contribution in [0.1, 0.15) is 28.4 Å². The van der Waals surface area contributed by atoms with E-state index >= 15 is 0 Å². The molecule has 2 aliphatic heterocycles. The molecule has 178 valence electrons. The highest BCUT2D eigenvalue weighted by atomic mass is 79.9. The fraction of sp³-hybridized carbons (Fsp3) is 0.370. The van der Waals surface area contributed by atoms with Crippen molar-refractivity contribution in [2.75, 3.05) is 37.2 Å². The van der Waals surface area contributed by atoms with Crippen LogP contribution in [0.4, 0.5) is 5.69 Å². The number of hydrogen-bond acceptors (Lipinski definition) is 5. The molecule has 0 bridgehead atoms. The minimum absolute atomic E-state index is 0.0882. The first-order valence-corrected chi connectivity index (χ1v) is 13.6. The highest BCUT2D eigenvalue weighted by Crippen LogP contribution is 2.39. The van der Waals surface area contributed by atoms with Crippen molar-refractivity contribution in [2.45, 2.75) is 19.9 Å². The fourth-order valence-electron chi connectivity index (χ4n) is 5.16. The number of aromatic nitrogens is 1. The molecular formula is C27H29BrN2O3S. The first kappa shape index (κ1) is 23.4. The van der Waals surface area contributed by atoms with E-state index in [2.05, 4.69) is 74.6 Å². The van der Waals surface area contributed by atoms with E-state index in [1.54, 1.807) is 14.2 Å². The second-order valence-electron chi connectivity index (χ2n) is 8.92. The van der Waals surface area contributed by atoms with E-state index in [1.807, 2.05) is 18.3 Å². The lowest BCUT2D eigenvalue weighted by Crippen LogP contribution is -2.32. The van der Waals surface area contributed by atoms with Crippen molar-refractivity contribution < 1.29 is 14.3 Å². The molecule has 1 aromatic heterocycles. The molecule has 2 atom stereocenters. The smallest absolute Gasteiger partial charge is 0.230 e. The summed E-state index contributed by atoms with van der Waals surface area (Å²) in [5, 5.41) is 1.01. The Bertz CT molecular complexity index is 1270.